The predicted molar refractivity (Wildman–Crippen MR) is 61.9 cm³/mol. The fourth-order valence-corrected chi connectivity index (χ4v) is 1.93. The van der Waals surface area contributed by atoms with Crippen molar-refractivity contribution in [3.8, 4) is 0 Å². The highest BCUT2D eigenvalue weighted by atomic mass is 16.5. The number of rotatable bonds is 3. The average Bonchev–Trinajstić information content (AvgIpc) is 2.93. The number of ether oxygens (including phenoxy) is 1. The molecule has 3 nitrogen and oxygen atoms in total. The Bertz CT molecular complexity index is 388. The van der Waals surface area contributed by atoms with Crippen LogP contribution in [0.25, 0.3) is 0 Å². The van der Waals surface area contributed by atoms with Crippen molar-refractivity contribution in [2.75, 3.05) is 0 Å². The van der Waals surface area contributed by atoms with Crippen LogP contribution in [0.5, 0.6) is 0 Å². The number of hydrogen-bond acceptors (Lipinski definition) is 3. The number of esters is 1. The Labute approximate surface area is 95.6 Å². The SMILES string of the molecule is CC(C)OC(=O)C1(N)CC1c1ccccc1. The van der Waals surface area contributed by atoms with Crippen LogP contribution in [0.3, 0.4) is 0 Å². The van der Waals surface area contributed by atoms with Gasteiger partial charge in [0.05, 0.1) is 6.10 Å². The molecule has 3 heteroatoms. The highest BCUT2D eigenvalue weighted by molar-refractivity contribution is 5.86. The van der Waals surface area contributed by atoms with Gasteiger partial charge < -0.3 is 10.5 Å². The van der Waals surface area contributed by atoms with E-state index in [1.807, 2.05) is 44.2 Å². The van der Waals surface area contributed by atoms with Crippen LogP contribution >= 0.6 is 0 Å². The van der Waals surface area contributed by atoms with Crippen LogP contribution in [0, 0.1) is 0 Å². The summed E-state index contributed by atoms with van der Waals surface area (Å²) in [4.78, 5) is 11.8. The van der Waals surface area contributed by atoms with E-state index in [1.165, 1.54) is 0 Å². The third kappa shape index (κ3) is 1.95. The molecule has 2 unspecified atom stereocenters. The molecule has 2 N–H and O–H groups in total. The van der Waals surface area contributed by atoms with Gasteiger partial charge in [0.25, 0.3) is 0 Å². The summed E-state index contributed by atoms with van der Waals surface area (Å²) in [6.45, 7) is 3.67. The number of hydrogen-bond donors (Lipinski definition) is 1. The van der Waals surface area contributed by atoms with E-state index in [4.69, 9.17) is 10.5 Å². The van der Waals surface area contributed by atoms with E-state index in [0.717, 1.165) is 5.56 Å². The summed E-state index contributed by atoms with van der Waals surface area (Å²) >= 11 is 0. The van der Waals surface area contributed by atoms with Crippen molar-refractivity contribution < 1.29 is 9.53 Å². The second-order valence-corrected chi connectivity index (χ2v) is 4.66. The maximum atomic E-state index is 11.8. The van der Waals surface area contributed by atoms with Crippen LogP contribution in [-0.4, -0.2) is 17.6 Å². The highest BCUT2D eigenvalue weighted by Gasteiger charge is 2.59. The Morgan fingerprint density at radius 2 is 2.06 bits per heavy atom. The van der Waals surface area contributed by atoms with Crippen molar-refractivity contribution in [2.45, 2.75) is 37.8 Å². The van der Waals surface area contributed by atoms with Gasteiger partial charge in [0, 0.05) is 5.92 Å². The molecular formula is C13H17NO2. The lowest BCUT2D eigenvalue weighted by Crippen LogP contribution is -2.37. The first-order chi connectivity index (χ1) is 7.54. The minimum Gasteiger partial charge on any atom is -0.462 e. The predicted octanol–water partition coefficient (Wildman–Crippen LogP) is 1.82. The fraction of sp³-hybridized carbons (Fsp3) is 0.462. The first-order valence-corrected chi connectivity index (χ1v) is 5.59. The van der Waals surface area contributed by atoms with E-state index < -0.39 is 5.54 Å². The first kappa shape index (κ1) is 11.1. The van der Waals surface area contributed by atoms with Gasteiger partial charge in [-0.05, 0) is 25.8 Å². The molecule has 2 atom stereocenters. The van der Waals surface area contributed by atoms with Crippen LogP contribution in [0.2, 0.25) is 0 Å². The molecule has 1 saturated carbocycles. The van der Waals surface area contributed by atoms with E-state index in [9.17, 15) is 4.79 Å². The van der Waals surface area contributed by atoms with E-state index in [2.05, 4.69) is 0 Å². The van der Waals surface area contributed by atoms with Gasteiger partial charge in [-0.2, -0.15) is 0 Å². The number of carbonyl (C=O) groups excluding carboxylic acids is 1. The molecule has 0 aliphatic heterocycles. The van der Waals surface area contributed by atoms with Crippen LogP contribution in [0.1, 0.15) is 31.7 Å². The number of carbonyl (C=O) groups is 1. The Balaban J connectivity index is 2.07. The molecule has 86 valence electrons. The minimum atomic E-state index is -0.800. The Morgan fingerprint density at radius 1 is 1.44 bits per heavy atom. The molecule has 1 aromatic carbocycles. The third-order valence-electron chi connectivity index (χ3n) is 2.93. The highest BCUT2D eigenvalue weighted by Crippen LogP contribution is 2.50. The normalized spacial score (nSPS) is 27.9. The second-order valence-electron chi connectivity index (χ2n) is 4.66. The molecule has 0 radical (unpaired) electrons. The van der Waals surface area contributed by atoms with Crippen molar-refractivity contribution in [2.24, 2.45) is 5.73 Å². The zero-order chi connectivity index (χ0) is 11.8. The lowest BCUT2D eigenvalue weighted by atomic mass is 10.1. The summed E-state index contributed by atoms with van der Waals surface area (Å²) < 4.78 is 5.16. The Morgan fingerprint density at radius 3 is 2.62 bits per heavy atom. The molecule has 0 heterocycles. The molecule has 2 rings (SSSR count). The molecule has 1 aliphatic rings. The lowest BCUT2D eigenvalue weighted by molar-refractivity contribution is -0.150. The maximum absolute atomic E-state index is 11.8. The van der Waals surface area contributed by atoms with E-state index >= 15 is 0 Å². The van der Waals surface area contributed by atoms with Crippen molar-refractivity contribution in [3.63, 3.8) is 0 Å². The largest absolute Gasteiger partial charge is 0.462 e. The number of benzene rings is 1. The van der Waals surface area contributed by atoms with Gasteiger partial charge in [0.1, 0.15) is 5.54 Å². The van der Waals surface area contributed by atoms with Gasteiger partial charge >= 0.3 is 5.97 Å². The average molecular weight is 219 g/mol. The van der Waals surface area contributed by atoms with Crippen LogP contribution in [0.4, 0.5) is 0 Å². The summed E-state index contributed by atoms with van der Waals surface area (Å²) in [7, 11) is 0. The van der Waals surface area contributed by atoms with Gasteiger partial charge in [-0.25, -0.2) is 0 Å². The molecule has 0 spiro atoms. The summed E-state index contributed by atoms with van der Waals surface area (Å²) in [6, 6.07) is 9.88. The zero-order valence-corrected chi connectivity index (χ0v) is 9.64. The maximum Gasteiger partial charge on any atom is 0.327 e. The second kappa shape index (κ2) is 3.91. The molecule has 1 fully saturated rings. The van der Waals surface area contributed by atoms with E-state index in [-0.39, 0.29) is 18.0 Å². The quantitative estimate of drug-likeness (QED) is 0.789. The number of nitrogens with two attached hydrogens (primary N) is 1. The molecule has 0 saturated heterocycles. The van der Waals surface area contributed by atoms with Crippen LogP contribution in [-0.2, 0) is 9.53 Å². The molecule has 16 heavy (non-hydrogen) atoms. The fourth-order valence-electron chi connectivity index (χ4n) is 1.93. The molecular weight excluding hydrogens is 202 g/mol. The smallest absolute Gasteiger partial charge is 0.327 e. The summed E-state index contributed by atoms with van der Waals surface area (Å²) in [5.41, 5.74) is 6.36. The summed E-state index contributed by atoms with van der Waals surface area (Å²) in [6.07, 6.45) is 0.577. The monoisotopic (exact) mass is 219 g/mol. The van der Waals surface area contributed by atoms with E-state index in [0.29, 0.717) is 6.42 Å². The van der Waals surface area contributed by atoms with Crippen molar-refractivity contribution in [1.29, 1.82) is 0 Å². The van der Waals surface area contributed by atoms with Gasteiger partial charge in [-0.1, -0.05) is 30.3 Å². The molecule has 0 bridgehead atoms. The van der Waals surface area contributed by atoms with Gasteiger partial charge in [-0.15, -0.1) is 0 Å². The van der Waals surface area contributed by atoms with Crippen LogP contribution in [0.15, 0.2) is 30.3 Å². The van der Waals surface area contributed by atoms with Gasteiger partial charge in [-0.3, -0.25) is 4.79 Å². The summed E-state index contributed by atoms with van der Waals surface area (Å²) in [5, 5.41) is 0. The van der Waals surface area contributed by atoms with Crippen molar-refractivity contribution >= 4 is 5.97 Å². The van der Waals surface area contributed by atoms with E-state index in [1.54, 1.807) is 0 Å². The first-order valence-electron chi connectivity index (χ1n) is 5.59. The van der Waals surface area contributed by atoms with Crippen LogP contribution < -0.4 is 5.73 Å². The molecule has 0 amide bonds. The minimum absolute atomic E-state index is 0.107. The lowest BCUT2D eigenvalue weighted by Gasteiger charge is -2.14. The summed E-state index contributed by atoms with van der Waals surface area (Å²) in [5.74, 6) is -0.170. The Hall–Kier alpha value is -1.35. The van der Waals surface area contributed by atoms with Gasteiger partial charge in [0.15, 0.2) is 0 Å². The van der Waals surface area contributed by atoms with Crippen molar-refractivity contribution in [3.05, 3.63) is 35.9 Å². The van der Waals surface area contributed by atoms with Crippen molar-refractivity contribution in [1.82, 2.24) is 0 Å². The third-order valence-corrected chi connectivity index (χ3v) is 2.93. The molecule has 0 aromatic heterocycles. The topological polar surface area (TPSA) is 52.3 Å². The van der Waals surface area contributed by atoms with Gasteiger partial charge in [0.2, 0.25) is 0 Å². The zero-order valence-electron chi connectivity index (χ0n) is 9.64. The molecule has 1 aliphatic carbocycles. The standard InChI is InChI=1S/C13H17NO2/c1-9(2)16-12(15)13(14)8-11(13)10-6-4-3-5-7-10/h3-7,9,11H,8,14H2,1-2H3. The molecule has 1 aromatic rings. The Kier molecular flexibility index (Phi) is 2.72.